The van der Waals surface area contributed by atoms with Crippen LogP contribution in [0.3, 0.4) is 0 Å². The molecule has 0 spiro atoms. The van der Waals surface area contributed by atoms with Crippen LogP contribution in [-0.2, 0) is 11.2 Å². The van der Waals surface area contributed by atoms with Crippen LogP contribution in [0.5, 0.6) is 0 Å². The number of carbonyl (C=O) groups excluding carboxylic acids is 1. The average Bonchev–Trinajstić information content (AvgIpc) is 2.71. The standard InChI is InChI=1S/C13H16N4O/c18-13(10-4-3-5-10)14-8-7-12-16-15-11-6-1-2-9-17(11)12/h1-2,6,9-10H,3-5,7-8H2,(H,14,18). The van der Waals surface area contributed by atoms with Gasteiger partial charge in [-0.2, -0.15) is 0 Å². The summed E-state index contributed by atoms with van der Waals surface area (Å²) in [6, 6.07) is 5.81. The van der Waals surface area contributed by atoms with E-state index >= 15 is 0 Å². The number of fused-ring (bicyclic) bond motifs is 1. The minimum Gasteiger partial charge on any atom is -0.355 e. The molecule has 5 nitrogen and oxygen atoms in total. The second-order valence-electron chi connectivity index (χ2n) is 4.71. The summed E-state index contributed by atoms with van der Waals surface area (Å²) in [6.07, 6.45) is 5.92. The molecule has 0 atom stereocenters. The van der Waals surface area contributed by atoms with Gasteiger partial charge in [0.1, 0.15) is 5.82 Å². The van der Waals surface area contributed by atoms with Gasteiger partial charge in [-0.05, 0) is 25.0 Å². The second kappa shape index (κ2) is 4.76. The Bertz CT molecular complexity index is 559. The van der Waals surface area contributed by atoms with E-state index in [2.05, 4.69) is 15.5 Å². The number of rotatable bonds is 4. The Morgan fingerprint density at radius 3 is 3.06 bits per heavy atom. The van der Waals surface area contributed by atoms with Crippen LogP contribution >= 0.6 is 0 Å². The highest BCUT2D eigenvalue weighted by molar-refractivity contribution is 5.79. The molecule has 1 N–H and O–H groups in total. The van der Waals surface area contributed by atoms with Gasteiger partial charge in [0.25, 0.3) is 0 Å². The molecule has 18 heavy (non-hydrogen) atoms. The van der Waals surface area contributed by atoms with Gasteiger partial charge in [-0.25, -0.2) is 0 Å². The van der Waals surface area contributed by atoms with Crippen molar-refractivity contribution >= 4 is 11.6 Å². The molecule has 3 rings (SSSR count). The Morgan fingerprint density at radius 2 is 2.28 bits per heavy atom. The van der Waals surface area contributed by atoms with Gasteiger partial charge in [0.15, 0.2) is 5.65 Å². The van der Waals surface area contributed by atoms with Gasteiger partial charge in [0.05, 0.1) is 0 Å². The van der Waals surface area contributed by atoms with E-state index in [0.29, 0.717) is 13.0 Å². The van der Waals surface area contributed by atoms with Crippen LogP contribution in [0.2, 0.25) is 0 Å². The smallest absolute Gasteiger partial charge is 0.223 e. The zero-order chi connectivity index (χ0) is 12.4. The molecule has 0 saturated heterocycles. The van der Waals surface area contributed by atoms with E-state index in [4.69, 9.17) is 0 Å². The lowest BCUT2D eigenvalue weighted by molar-refractivity contribution is -0.127. The van der Waals surface area contributed by atoms with Crippen molar-refractivity contribution in [2.75, 3.05) is 6.54 Å². The van der Waals surface area contributed by atoms with E-state index < -0.39 is 0 Å². The van der Waals surface area contributed by atoms with E-state index in [0.717, 1.165) is 24.3 Å². The fourth-order valence-corrected chi connectivity index (χ4v) is 2.17. The summed E-state index contributed by atoms with van der Waals surface area (Å²) in [6.45, 7) is 0.630. The van der Waals surface area contributed by atoms with Gasteiger partial charge >= 0.3 is 0 Å². The van der Waals surface area contributed by atoms with Gasteiger partial charge in [-0.1, -0.05) is 12.5 Å². The van der Waals surface area contributed by atoms with Crippen LogP contribution < -0.4 is 5.32 Å². The minimum atomic E-state index is 0.190. The first kappa shape index (κ1) is 11.2. The van der Waals surface area contributed by atoms with Gasteiger partial charge in [-0.3, -0.25) is 9.20 Å². The molecule has 1 amide bonds. The number of nitrogens with one attached hydrogen (secondary N) is 1. The Balaban J connectivity index is 1.58. The summed E-state index contributed by atoms with van der Waals surface area (Å²) in [5, 5.41) is 11.2. The molecule has 94 valence electrons. The van der Waals surface area contributed by atoms with E-state index in [9.17, 15) is 4.79 Å². The highest BCUT2D eigenvalue weighted by atomic mass is 16.1. The molecule has 2 aromatic heterocycles. The maximum absolute atomic E-state index is 11.7. The van der Waals surface area contributed by atoms with Gasteiger partial charge in [0.2, 0.25) is 5.91 Å². The van der Waals surface area contributed by atoms with E-state index in [1.54, 1.807) is 0 Å². The monoisotopic (exact) mass is 244 g/mol. The van der Waals surface area contributed by atoms with Crippen LogP contribution in [0.15, 0.2) is 24.4 Å². The van der Waals surface area contributed by atoms with Crippen molar-refractivity contribution in [2.45, 2.75) is 25.7 Å². The molecule has 1 aliphatic rings. The normalized spacial score (nSPS) is 15.6. The molecular weight excluding hydrogens is 228 g/mol. The molecule has 1 saturated carbocycles. The number of hydrogen-bond acceptors (Lipinski definition) is 3. The van der Waals surface area contributed by atoms with Crippen LogP contribution in [0.4, 0.5) is 0 Å². The molecule has 0 bridgehead atoms. The minimum absolute atomic E-state index is 0.190. The summed E-state index contributed by atoms with van der Waals surface area (Å²) in [7, 11) is 0. The number of aromatic nitrogens is 3. The molecule has 1 aliphatic carbocycles. The SMILES string of the molecule is O=C(NCCc1nnc2ccccn12)C1CCC1. The Labute approximate surface area is 105 Å². The number of pyridine rings is 1. The van der Waals surface area contributed by atoms with Crippen molar-refractivity contribution in [1.29, 1.82) is 0 Å². The van der Waals surface area contributed by atoms with Crippen LogP contribution in [0.1, 0.15) is 25.1 Å². The zero-order valence-electron chi connectivity index (χ0n) is 10.2. The Hall–Kier alpha value is -1.91. The van der Waals surface area contributed by atoms with Crippen molar-refractivity contribution in [2.24, 2.45) is 5.92 Å². The highest BCUT2D eigenvalue weighted by Gasteiger charge is 2.24. The zero-order valence-corrected chi connectivity index (χ0v) is 10.2. The van der Waals surface area contributed by atoms with Crippen molar-refractivity contribution in [1.82, 2.24) is 19.9 Å². The summed E-state index contributed by atoms with van der Waals surface area (Å²) in [4.78, 5) is 11.7. The molecular formula is C13H16N4O. The van der Waals surface area contributed by atoms with Crippen molar-refractivity contribution in [3.63, 3.8) is 0 Å². The second-order valence-corrected chi connectivity index (χ2v) is 4.71. The number of hydrogen-bond donors (Lipinski definition) is 1. The lowest BCUT2D eigenvalue weighted by Crippen LogP contribution is -2.35. The van der Waals surface area contributed by atoms with Gasteiger partial charge < -0.3 is 5.32 Å². The fraction of sp³-hybridized carbons (Fsp3) is 0.462. The molecule has 0 unspecified atom stereocenters. The number of nitrogens with zero attached hydrogens (tertiary/aromatic N) is 3. The fourth-order valence-electron chi connectivity index (χ4n) is 2.17. The summed E-state index contributed by atoms with van der Waals surface area (Å²) in [5.41, 5.74) is 0.845. The van der Waals surface area contributed by atoms with Gasteiger partial charge in [-0.15, -0.1) is 10.2 Å². The largest absolute Gasteiger partial charge is 0.355 e. The third kappa shape index (κ3) is 2.08. The first-order chi connectivity index (χ1) is 8.84. The van der Waals surface area contributed by atoms with E-state index in [1.807, 2.05) is 28.8 Å². The Morgan fingerprint density at radius 1 is 1.39 bits per heavy atom. The molecule has 5 heteroatoms. The van der Waals surface area contributed by atoms with Crippen molar-refractivity contribution in [3.8, 4) is 0 Å². The van der Waals surface area contributed by atoms with Crippen LogP contribution in [-0.4, -0.2) is 27.0 Å². The molecule has 0 aromatic carbocycles. The maximum atomic E-state index is 11.7. The number of amides is 1. The van der Waals surface area contributed by atoms with E-state index in [-0.39, 0.29) is 11.8 Å². The quantitative estimate of drug-likeness (QED) is 0.878. The molecule has 0 radical (unpaired) electrons. The van der Waals surface area contributed by atoms with Crippen LogP contribution in [0, 0.1) is 5.92 Å². The first-order valence-corrected chi connectivity index (χ1v) is 6.41. The summed E-state index contributed by atoms with van der Waals surface area (Å²) >= 11 is 0. The molecule has 2 heterocycles. The Kier molecular flexibility index (Phi) is 2.96. The predicted molar refractivity (Wildman–Crippen MR) is 67.0 cm³/mol. The first-order valence-electron chi connectivity index (χ1n) is 6.41. The van der Waals surface area contributed by atoms with Crippen LogP contribution in [0.25, 0.3) is 5.65 Å². The van der Waals surface area contributed by atoms with Gasteiger partial charge in [0, 0.05) is 25.1 Å². The maximum Gasteiger partial charge on any atom is 0.223 e. The number of carbonyl (C=O) groups is 1. The highest BCUT2D eigenvalue weighted by Crippen LogP contribution is 2.26. The molecule has 2 aromatic rings. The molecule has 1 fully saturated rings. The van der Waals surface area contributed by atoms with Crippen molar-refractivity contribution in [3.05, 3.63) is 30.2 Å². The van der Waals surface area contributed by atoms with E-state index in [1.165, 1.54) is 6.42 Å². The third-order valence-corrected chi connectivity index (χ3v) is 3.51. The lowest BCUT2D eigenvalue weighted by Gasteiger charge is -2.23. The van der Waals surface area contributed by atoms with Crippen molar-refractivity contribution < 1.29 is 4.79 Å². The molecule has 0 aliphatic heterocycles. The third-order valence-electron chi connectivity index (χ3n) is 3.51. The summed E-state index contributed by atoms with van der Waals surface area (Å²) in [5.74, 6) is 1.33. The average molecular weight is 244 g/mol. The summed E-state index contributed by atoms with van der Waals surface area (Å²) < 4.78 is 1.95. The lowest BCUT2D eigenvalue weighted by atomic mass is 9.85. The predicted octanol–water partition coefficient (Wildman–Crippen LogP) is 1.19. The topological polar surface area (TPSA) is 59.3 Å².